The second-order valence-electron chi connectivity index (χ2n) is 5.95. The standard InChI is InChI=1S/C20H22N2O4/c1-15(23)22(14-17-10-6-3-7-11-17)18(20(25)26)12-19(24)21-13-16-8-4-2-5-9-16/h2-11,18H,12-14H2,1H3,(H,21,24)(H,25,26)/t18-/m0/s1. The molecule has 2 aromatic rings. The van der Waals surface area contributed by atoms with E-state index < -0.39 is 23.8 Å². The van der Waals surface area contributed by atoms with E-state index >= 15 is 0 Å². The van der Waals surface area contributed by atoms with Crippen molar-refractivity contribution in [3.05, 3.63) is 71.8 Å². The summed E-state index contributed by atoms with van der Waals surface area (Å²) in [5, 5.41) is 12.2. The Labute approximate surface area is 152 Å². The Bertz CT molecular complexity index is 747. The molecule has 26 heavy (non-hydrogen) atoms. The molecular weight excluding hydrogens is 332 g/mol. The average Bonchev–Trinajstić information content (AvgIpc) is 2.64. The summed E-state index contributed by atoms with van der Waals surface area (Å²) < 4.78 is 0. The molecule has 0 bridgehead atoms. The smallest absolute Gasteiger partial charge is 0.326 e. The lowest BCUT2D eigenvalue weighted by Crippen LogP contribution is -2.46. The highest BCUT2D eigenvalue weighted by atomic mass is 16.4. The Balaban J connectivity index is 2.03. The van der Waals surface area contributed by atoms with Crippen molar-refractivity contribution in [3.63, 3.8) is 0 Å². The lowest BCUT2D eigenvalue weighted by atomic mass is 10.1. The van der Waals surface area contributed by atoms with Crippen LogP contribution in [0.3, 0.4) is 0 Å². The Kier molecular flexibility index (Phi) is 6.91. The normalized spacial score (nSPS) is 11.4. The highest BCUT2D eigenvalue weighted by molar-refractivity contribution is 5.88. The van der Waals surface area contributed by atoms with Gasteiger partial charge in [-0.3, -0.25) is 9.59 Å². The number of benzene rings is 2. The summed E-state index contributed by atoms with van der Waals surface area (Å²) in [5.41, 5.74) is 1.72. The fraction of sp³-hybridized carbons (Fsp3) is 0.250. The number of carbonyl (C=O) groups excluding carboxylic acids is 2. The molecule has 0 fully saturated rings. The van der Waals surface area contributed by atoms with Gasteiger partial charge in [-0.15, -0.1) is 0 Å². The molecule has 0 heterocycles. The van der Waals surface area contributed by atoms with Gasteiger partial charge in [0.05, 0.1) is 6.42 Å². The minimum atomic E-state index is -1.22. The van der Waals surface area contributed by atoms with Gasteiger partial charge in [-0.25, -0.2) is 4.79 Å². The molecule has 0 aliphatic heterocycles. The van der Waals surface area contributed by atoms with Crippen molar-refractivity contribution >= 4 is 17.8 Å². The maximum absolute atomic E-state index is 12.2. The van der Waals surface area contributed by atoms with Gasteiger partial charge in [-0.05, 0) is 11.1 Å². The quantitative estimate of drug-likeness (QED) is 0.761. The minimum Gasteiger partial charge on any atom is -0.480 e. The molecule has 0 radical (unpaired) electrons. The van der Waals surface area contributed by atoms with Crippen LogP contribution < -0.4 is 5.32 Å². The largest absolute Gasteiger partial charge is 0.480 e. The summed E-state index contributed by atoms with van der Waals surface area (Å²) in [6.45, 7) is 1.75. The third-order valence-corrected chi connectivity index (χ3v) is 3.97. The molecule has 1 atom stereocenters. The van der Waals surface area contributed by atoms with Crippen LogP contribution in [0.2, 0.25) is 0 Å². The maximum Gasteiger partial charge on any atom is 0.326 e. The van der Waals surface area contributed by atoms with Crippen molar-refractivity contribution < 1.29 is 19.5 Å². The Morgan fingerprint density at radius 2 is 1.50 bits per heavy atom. The number of carboxylic acids is 1. The number of aliphatic carboxylic acids is 1. The summed E-state index contributed by atoms with van der Waals surface area (Å²) in [5.74, 6) is -2.01. The molecule has 0 unspecified atom stereocenters. The van der Waals surface area contributed by atoms with Gasteiger partial charge in [-0.2, -0.15) is 0 Å². The van der Waals surface area contributed by atoms with Gasteiger partial charge in [0.1, 0.15) is 6.04 Å². The number of carboxylic acid groups (broad SMARTS) is 1. The van der Waals surface area contributed by atoms with Crippen molar-refractivity contribution in [3.8, 4) is 0 Å². The number of hydrogen-bond acceptors (Lipinski definition) is 3. The van der Waals surface area contributed by atoms with E-state index in [1.54, 1.807) is 0 Å². The predicted octanol–water partition coefficient (Wildman–Crippen LogP) is 2.19. The molecule has 0 saturated heterocycles. The SMILES string of the molecule is CC(=O)N(Cc1ccccc1)[C@@H](CC(=O)NCc1ccccc1)C(=O)O. The van der Waals surface area contributed by atoms with E-state index in [4.69, 9.17) is 0 Å². The Morgan fingerprint density at radius 1 is 0.962 bits per heavy atom. The minimum absolute atomic E-state index is 0.138. The van der Waals surface area contributed by atoms with Gasteiger partial charge in [0, 0.05) is 20.0 Å². The Morgan fingerprint density at radius 3 is 2.00 bits per heavy atom. The molecule has 2 amide bonds. The summed E-state index contributed by atoms with van der Waals surface area (Å²) >= 11 is 0. The molecule has 0 aromatic heterocycles. The van der Waals surface area contributed by atoms with Crippen LogP contribution >= 0.6 is 0 Å². The maximum atomic E-state index is 12.2. The molecule has 6 nitrogen and oxygen atoms in total. The van der Waals surface area contributed by atoms with Crippen LogP contribution in [0.15, 0.2) is 60.7 Å². The molecule has 136 valence electrons. The summed E-state index contributed by atoms with van der Waals surface area (Å²) in [7, 11) is 0. The third kappa shape index (κ3) is 5.73. The molecule has 2 N–H and O–H groups in total. The van der Waals surface area contributed by atoms with E-state index in [1.807, 2.05) is 60.7 Å². The van der Waals surface area contributed by atoms with Crippen molar-refractivity contribution in [2.45, 2.75) is 32.5 Å². The van der Waals surface area contributed by atoms with Crippen molar-refractivity contribution in [1.29, 1.82) is 0 Å². The topological polar surface area (TPSA) is 86.7 Å². The molecule has 2 rings (SSSR count). The van der Waals surface area contributed by atoms with Crippen molar-refractivity contribution in [2.75, 3.05) is 0 Å². The van der Waals surface area contributed by atoms with E-state index in [0.717, 1.165) is 11.1 Å². The lowest BCUT2D eigenvalue weighted by molar-refractivity contribution is -0.151. The number of carbonyl (C=O) groups is 3. The van der Waals surface area contributed by atoms with Crippen LogP contribution in [0, 0.1) is 0 Å². The highest BCUT2D eigenvalue weighted by Crippen LogP contribution is 2.12. The van der Waals surface area contributed by atoms with Gasteiger partial charge in [0.2, 0.25) is 11.8 Å². The number of nitrogens with one attached hydrogen (secondary N) is 1. The molecular formula is C20H22N2O4. The molecule has 6 heteroatoms. The molecule has 0 spiro atoms. The summed E-state index contributed by atoms with van der Waals surface area (Å²) in [6, 6.07) is 17.2. The van der Waals surface area contributed by atoms with Crippen LogP contribution in [-0.4, -0.2) is 33.8 Å². The van der Waals surface area contributed by atoms with Gasteiger partial charge in [-0.1, -0.05) is 60.7 Å². The first kappa shape index (κ1) is 19.2. The van der Waals surface area contributed by atoms with Crippen LogP contribution in [-0.2, 0) is 27.5 Å². The molecule has 0 aliphatic rings. The summed E-state index contributed by atoms with van der Waals surface area (Å²) in [4.78, 5) is 37.1. The second-order valence-corrected chi connectivity index (χ2v) is 5.95. The summed E-state index contributed by atoms with van der Waals surface area (Å²) in [6.07, 6.45) is -0.297. The van der Waals surface area contributed by atoms with E-state index in [2.05, 4.69) is 5.32 Å². The van der Waals surface area contributed by atoms with Crippen molar-refractivity contribution in [1.82, 2.24) is 10.2 Å². The number of amides is 2. The zero-order valence-electron chi connectivity index (χ0n) is 14.6. The van der Waals surface area contributed by atoms with E-state index in [9.17, 15) is 19.5 Å². The average molecular weight is 354 g/mol. The monoisotopic (exact) mass is 354 g/mol. The van der Waals surface area contributed by atoms with Crippen LogP contribution in [0.25, 0.3) is 0 Å². The van der Waals surface area contributed by atoms with Crippen LogP contribution in [0.4, 0.5) is 0 Å². The zero-order valence-corrected chi connectivity index (χ0v) is 14.6. The molecule has 2 aromatic carbocycles. The van der Waals surface area contributed by atoms with Crippen LogP contribution in [0.1, 0.15) is 24.5 Å². The first-order chi connectivity index (χ1) is 12.5. The van der Waals surface area contributed by atoms with Gasteiger partial charge in [0.15, 0.2) is 0 Å². The number of nitrogens with zero attached hydrogens (tertiary/aromatic N) is 1. The molecule has 0 saturated carbocycles. The van der Waals surface area contributed by atoms with E-state index in [0.29, 0.717) is 6.54 Å². The van der Waals surface area contributed by atoms with Crippen LogP contribution in [0.5, 0.6) is 0 Å². The molecule has 0 aliphatic carbocycles. The van der Waals surface area contributed by atoms with Gasteiger partial charge >= 0.3 is 5.97 Å². The van der Waals surface area contributed by atoms with E-state index in [-0.39, 0.29) is 13.0 Å². The third-order valence-electron chi connectivity index (χ3n) is 3.97. The van der Waals surface area contributed by atoms with Crippen molar-refractivity contribution in [2.24, 2.45) is 0 Å². The highest BCUT2D eigenvalue weighted by Gasteiger charge is 2.30. The van der Waals surface area contributed by atoms with Gasteiger partial charge in [0.25, 0.3) is 0 Å². The predicted molar refractivity (Wildman–Crippen MR) is 97.0 cm³/mol. The number of rotatable bonds is 8. The fourth-order valence-corrected chi connectivity index (χ4v) is 2.60. The van der Waals surface area contributed by atoms with Gasteiger partial charge < -0.3 is 15.3 Å². The van der Waals surface area contributed by atoms with E-state index in [1.165, 1.54) is 11.8 Å². The number of hydrogen-bond donors (Lipinski definition) is 2. The zero-order chi connectivity index (χ0) is 18.9. The Hall–Kier alpha value is -3.15. The lowest BCUT2D eigenvalue weighted by Gasteiger charge is -2.27. The first-order valence-electron chi connectivity index (χ1n) is 8.32. The fourth-order valence-electron chi connectivity index (χ4n) is 2.60. The second kappa shape index (κ2) is 9.36. The first-order valence-corrected chi connectivity index (χ1v) is 8.32.